The molecule has 3 N–H and O–H groups in total. The normalized spacial score (nSPS) is 35.2. The van der Waals surface area contributed by atoms with Gasteiger partial charge in [0.2, 0.25) is 0 Å². The van der Waals surface area contributed by atoms with Gasteiger partial charge in [0.15, 0.2) is 0 Å². The van der Waals surface area contributed by atoms with Crippen LogP contribution in [0.5, 0.6) is 0 Å². The summed E-state index contributed by atoms with van der Waals surface area (Å²) in [5, 5.41) is 27.3. The zero-order valence-corrected chi connectivity index (χ0v) is 7.45. The maximum atomic E-state index is 9.69. The first-order chi connectivity index (χ1) is 5.48. The molecule has 2 atom stereocenters. The lowest BCUT2D eigenvalue weighted by atomic mass is 9.85. The second-order valence-corrected chi connectivity index (χ2v) is 3.71. The van der Waals surface area contributed by atoms with Crippen molar-refractivity contribution in [3.63, 3.8) is 0 Å². The lowest BCUT2D eigenvalue weighted by Gasteiger charge is -2.26. The molecule has 1 fully saturated rings. The van der Waals surface area contributed by atoms with Crippen LogP contribution in [0.2, 0.25) is 0 Å². The summed E-state index contributed by atoms with van der Waals surface area (Å²) in [6.45, 7) is 3.10. The Labute approximate surface area is 71.8 Å². The highest BCUT2D eigenvalue weighted by Crippen LogP contribution is 2.47. The van der Waals surface area contributed by atoms with E-state index in [0.717, 1.165) is 0 Å². The van der Waals surface area contributed by atoms with E-state index >= 15 is 0 Å². The highest BCUT2D eigenvalue weighted by Gasteiger charge is 2.64. The fraction of sp³-hybridized carbons (Fsp3) is 1.00. The van der Waals surface area contributed by atoms with Crippen molar-refractivity contribution < 1.29 is 20.1 Å². The van der Waals surface area contributed by atoms with Crippen LogP contribution in [-0.2, 0) is 4.74 Å². The molecule has 72 valence electrons. The average molecular weight is 176 g/mol. The van der Waals surface area contributed by atoms with E-state index in [9.17, 15) is 5.11 Å². The van der Waals surface area contributed by atoms with Crippen molar-refractivity contribution in [2.24, 2.45) is 0 Å². The van der Waals surface area contributed by atoms with E-state index < -0.39 is 11.2 Å². The molecule has 0 aromatic carbocycles. The van der Waals surface area contributed by atoms with Crippen LogP contribution in [0, 0.1) is 0 Å². The second-order valence-electron chi connectivity index (χ2n) is 3.71. The smallest absolute Gasteiger partial charge is 0.127 e. The summed E-state index contributed by atoms with van der Waals surface area (Å²) in [7, 11) is 0. The molecule has 0 unspecified atom stereocenters. The Hall–Kier alpha value is -0.160. The van der Waals surface area contributed by atoms with Gasteiger partial charge < -0.3 is 20.1 Å². The Morgan fingerprint density at radius 3 is 2.25 bits per heavy atom. The van der Waals surface area contributed by atoms with Gasteiger partial charge in [-0.1, -0.05) is 0 Å². The third kappa shape index (κ3) is 1.35. The van der Waals surface area contributed by atoms with Crippen LogP contribution in [0.15, 0.2) is 0 Å². The van der Waals surface area contributed by atoms with Gasteiger partial charge in [0.25, 0.3) is 0 Å². The van der Waals surface area contributed by atoms with Gasteiger partial charge in [-0.15, -0.1) is 0 Å². The molecule has 1 heterocycles. The molecule has 0 aromatic heterocycles. The first kappa shape index (κ1) is 9.92. The zero-order valence-electron chi connectivity index (χ0n) is 7.45. The molecule has 1 aliphatic rings. The monoisotopic (exact) mass is 176 g/mol. The van der Waals surface area contributed by atoms with Crippen LogP contribution in [0.4, 0.5) is 0 Å². The molecule has 0 bridgehead atoms. The van der Waals surface area contributed by atoms with Crippen LogP contribution >= 0.6 is 0 Å². The summed E-state index contributed by atoms with van der Waals surface area (Å²) in [5.74, 6) is 0. The van der Waals surface area contributed by atoms with Crippen molar-refractivity contribution in [3.05, 3.63) is 0 Å². The first-order valence-corrected chi connectivity index (χ1v) is 4.10. The maximum Gasteiger partial charge on any atom is 0.127 e. The maximum absolute atomic E-state index is 9.69. The minimum Gasteiger partial charge on any atom is -0.396 e. The number of aliphatic hydroxyl groups excluding tert-OH is 2. The summed E-state index contributed by atoms with van der Waals surface area (Å²) in [6.07, 6.45) is 0.0338. The van der Waals surface area contributed by atoms with E-state index in [-0.39, 0.29) is 19.3 Å². The molecule has 4 heteroatoms. The minimum atomic E-state index is -1.01. The molecule has 0 aromatic rings. The molecule has 12 heavy (non-hydrogen) atoms. The topological polar surface area (TPSA) is 73.2 Å². The lowest BCUT2D eigenvalue weighted by Crippen LogP contribution is -2.42. The fourth-order valence-corrected chi connectivity index (χ4v) is 1.63. The molecule has 0 radical (unpaired) electrons. The van der Waals surface area contributed by atoms with Crippen LogP contribution in [-0.4, -0.2) is 45.8 Å². The number of hydrogen-bond donors (Lipinski definition) is 3. The molecule has 1 aliphatic heterocycles. The lowest BCUT2D eigenvalue weighted by molar-refractivity contribution is -0.0166. The van der Waals surface area contributed by atoms with E-state index in [1.54, 1.807) is 13.8 Å². The van der Waals surface area contributed by atoms with Gasteiger partial charge in [-0.25, -0.2) is 0 Å². The number of ether oxygens (including phenoxy) is 1. The van der Waals surface area contributed by atoms with Gasteiger partial charge in [-0.05, 0) is 13.8 Å². The summed E-state index contributed by atoms with van der Waals surface area (Å²) >= 11 is 0. The molecule has 0 amide bonds. The number of rotatable bonds is 4. The van der Waals surface area contributed by atoms with Crippen molar-refractivity contribution in [2.45, 2.75) is 37.6 Å². The molecule has 1 rings (SSSR count). The van der Waals surface area contributed by atoms with E-state index in [0.29, 0.717) is 6.42 Å². The van der Waals surface area contributed by atoms with Gasteiger partial charge >= 0.3 is 0 Å². The Morgan fingerprint density at radius 1 is 1.42 bits per heavy atom. The van der Waals surface area contributed by atoms with Gasteiger partial charge in [0.1, 0.15) is 11.7 Å². The van der Waals surface area contributed by atoms with Crippen molar-refractivity contribution >= 4 is 0 Å². The van der Waals surface area contributed by atoms with Gasteiger partial charge in [-0.3, -0.25) is 0 Å². The molecule has 0 spiro atoms. The SMILES string of the molecule is CC(C)(O)[C@]1(CCO)O[C@@H]1CO. The summed E-state index contributed by atoms with van der Waals surface area (Å²) in [4.78, 5) is 0. The van der Waals surface area contributed by atoms with Crippen LogP contribution in [0.1, 0.15) is 20.3 Å². The highest BCUT2D eigenvalue weighted by molar-refractivity contribution is 5.12. The van der Waals surface area contributed by atoms with E-state index in [2.05, 4.69) is 0 Å². The van der Waals surface area contributed by atoms with Crippen molar-refractivity contribution in [3.8, 4) is 0 Å². The summed E-state index contributed by atoms with van der Waals surface area (Å²) in [6, 6.07) is 0. The predicted molar refractivity (Wildman–Crippen MR) is 42.7 cm³/mol. The standard InChI is InChI=1S/C8H16O4/c1-7(2,11)8(3-4-9)6(5-10)12-8/h6,9-11H,3-5H2,1-2H3/t6-,8-/m1/s1. The zero-order chi connectivity index (χ0) is 9.41. The van der Waals surface area contributed by atoms with Gasteiger partial charge in [-0.2, -0.15) is 0 Å². The van der Waals surface area contributed by atoms with Crippen LogP contribution in [0.3, 0.4) is 0 Å². The summed E-state index contributed by atoms with van der Waals surface area (Å²) in [5.41, 5.74) is -1.75. The Bertz CT molecular complexity index is 163. The van der Waals surface area contributed by atoms with Crippen molar-refractivity contribution in [2.75, 3.05) is 13.2 Å². The molecule has 1 saturated heterocycles. The van der Waals surface area contributed by atoms with Crippen LogP contribution in [0.25, 0.3) is 0 Å². The predicted octanol–water partition coefficient (Wildman–Crippen LogP) is -0.730. The fourth-order valence-electron chi connectivity index (χ4n) is 1.63. The van der Waals surface area contributed by atoms with E-state index in [1.165, 1.54) is 0 Å². The van der Waals surface area contributed by atoms with Crippen LogP contribution < -0.4 is 0 Å². The average Bonchev–Trinajstić information content (AvgIpc) is 2.63. The highest BCUT2D eigenvalue weighted by atomic mass is 16.6. The third-order valence-corrected chi connectivity index (χ3v) is 2.50. The molecule has 4 nitrogen and oxygen atoms in total. The van der Waals surface area contributed by atoms with Crippen molar-refractivity contribution in [1.82, 2.24) is 0 Å². The van der Waals surface area contributed by atoms with Crippen molar-refractivity contribution in [1.29, 1.82) is 0 Å². The summed E-state index contributed by atoms with van der Waals surface area (Å²) < 4.78 is 5.20. The second kappa shape index (κ2) is 2.96. The molecular formula is C8H16O4. The quantitative estimate of drug-likeness (QED) is 0.494. The minimum absolute atomic E-state index is 0.0412. The third-order valence-electron chi connectivity index (χ3n) is 2.50. The van der Waals surface area contributed by atoms with E-state index in [1.807, 2.05) is 0 Å². The van der Waals surface area contributed by atoms with Gasteiger partial charge in [0.05, 0.1) is 12.2 Å². The largest absolute Gasteiger partial charge is 0.396 e. The van der Waals surface area contributed by atoms with E-state index in [4.69, 9.17) is 14.9 Å². The molecule has 0 aliphatic carbocycles. The number of hydrogen-bond acceptors (Lipinski definition) is 4. The Kier molecular flexibility index (Phi) is 2.45. The number of epoxide rings is 1. The molecular weight excluding hydrogens is 160 g/mol. The molecule has 0 saturated carbocycles. The Balaban J connectivity index is 2.65. The van der Waals surface area contributed by atoms with Gasteiger partial charge in [0, 0.05) is 13.0 Å². The first-order valence-electron chi connectivity index (χ1n) is 4.10. The number of aliphatic hydroxyl groups is 3. The Morgan fingerprint density at radius 2 is 2.00 bits per heavy atom.